The highest BCUT2D eigenvalue weighted by molar-refractivity contribution is 5.78. The number of anilines is 2. The highest BCUT2D eigenvalue weighted by atomic mass is 16.5. The number of carbonyl (C=O) groups is 1. The normalized spacial score (nSPS) is 14.0. The Morgan fingerprint density at radius 3 is 2.22 bits per heavy atom. The zero-order chi connectivity index (χ0) is 19.2. The maximum absolute atomic E-state index is 12.4. The third kappa shape index (κ3) is 4.78. The molecule has 0 spiro atoms. The molecular weight excluding hydrogens is 346 g/mol. The summed E-state index contributed by atoms with van der Waals surface area (Å²) >= 11 is 0. The van der Waals surface area contributed by atoms with Crippen LogP contribution in [0.4, 0.5) is 11.6 Å². The van der Waals surface area contributed by atoms with Gasteiger partial charge in [0.1, 0.15) is 11.5 Å². The van der Waals surface area contributed by atoms with Gasteiger partial charge in [-0.15, -0.1) is 10.2 Å². The van der Waals surface area contributed by atoms with Crippen molar-refractivity contribution in [3.05, 3.63) is 36.4 Å². The lowest BCUT2D eigenvalue weighted by molar-refractivity contribution is -0.133. The molecule has 1 aromatic carbocycles. The average molecular weight is 371 g/mol. The van der Waals surface area contributed by atoms with E-state index in [0.29, 0.717) is 18.8 Å². The van der Waals surface area contributed by atoms with Crippen molar-refractivity contribution in [3.8, 4) is 11.5 Å². The molecule has 8 heteroatoms. The third-order valence-corrected chi connectivity index (χ3v) is 4.47. The average Bonchev–Trinajstić information content (AvgIpc) is 2.72. The summed E-state index contributed by atoms with van der Waals surface area (Å²) in [5.74, 6) is 3.05. The van der Waals surface area contributed by atoms with Crippen LogP contribution in [0.1, 0.15) is 0 Å². The maximum atomic E-state index is 12.4. The number of benzene rings is 1. The van der Waals surface area contributed by atoms with E-state index in [2.05, 4.69) is 15.1 Å². The van der Waals surface area contributed by atoms with Gasteiger partial charge in [0.2, 0.25) is 0 Å². The van der Waals surface area contributed by atoms with Gasteiger partial charge in [-0.1, -0.05) is 0 Å². The molecule has 0 radical (unpaired) electrons. The molecule has 1 amide bonds. The molecule has 2 heterocycles. The van der Waals surface area contributed by atoms with E-state index >= 15 is 0 Å². The van der Waals surface area contributed by atoms with Crippen LogP contribution in [0.5, 0.6) is 11.5 Å². The molecule has 2 aromatic rings. The lowest BCUT2D eigenvalue weighted by atomic mass is 10.3. The zero-order valence-electron chi connectivity index (χ0n) is 16.0. The first-order valence-electron chi connectivity index (χ1n) is 8.87. The van der Waals surface area contributed by atoms with Crippen LogP contribution in [0.25, 0.3) is 0 Å². The quantitative estimate of drug-likeness (QED) is 0.757. The summed E-state index contributed by atoms with van der Waals surface area (Å²) in [4.78, 5) is 18.3. The van der Waals surface area contributed by atoms with Crippen molar-refractivity contribution in [2.45, 2.75) is 0 Å². The Morgan fingerprint density at radius 1 is 1.00 bits per heavy atom. The summed E-state index contributed by atoms with van der Waals surface area (Å²) < 4.78 is 10.7. The van der Waals surface area contributed by atoms with Gasteiger partial charge < -0.3 is 24.2 Å². The largest absolute Gasteiger partial charge is 0.497 e. The lowest BCUT2D eigenvalue weighted by Crippen LogP contribution is -2.50. The van der Waals surface area contributed by atoms with Crippen LogP contribution in [0.3, 0.4) is 0 Å². The molecule has 144 valence electrons. The van der Waals surface area contributed by atoms with E-state index in [9.17, 15) is 4.79 Å². The second-order valence-corrected chi connectivity index (χ2v) is 6.48. The predicted molar refractivity (Wildman–Crippen MR) is 104 cm³/mol. The van der Waals surface area contributed by atoms with Gasteiger partial charge in [-0.05, 0) is 36.4 Å². The second-order valence-electron chi connectivity index (χ2n) is 6.48. The Bertz CT molecular complexity index is 741. The Morgan fingerprint density at radius 2 is 1.67 bits per heavy atom. The first-order valence-corrected chi connectivity index (χ1v) is 8.87. The minimum absolute atomic E-state index is 0.0143. The van der Waals surface area contributed by atoms with Crippen LogP contribution in [0, 0.1) is 0 Å². The molecule has 3 rings (SSSR count). The lowest BCUT2D eigenvalue weighted by Gasteiger charge is -2.35. The van der Waals surface area contributed by atoms with E-state index in [1.807, 2.05) is 36.0 Å². The van der Waals surface area contributed by atoms with Gasteiger partial charge in [-0.25, -0.2) is 0 Å². The molecule has 0 bridgehead atoms. The Balaban J connectivity index is 1.47. The summed E-state index contributed by atoms with van der Waals surface area (Å²) in [6, 6.07) is 11.1. The molecule has 1 saturated heterocycles. The number of nitrogens with zero attached hydrogens (tertiary/aromatic N) is 5. The van der Waals surface area contributed by atoms with Crippen molar-refractivity contribution in [3.63, 3.8) is 0 Å². The van der Waals surface area contributed by atoms with Crippen molar-refractivity contribution >= 4 is 17.5 Å². The van der Waals surface area contributed by atoms with Crippen molar-refractivity contribution in [1.29, 1.82) is 0 Å². The minimum atomic E-state index is -0.0143. The number of piperazine rings is 1. The van der Waals surface area contributed by atoms with Crippen LogP contribution < -0.4 is 19.3 Å². The van der Waals surface area contributed by atoms with Gasteiger partial charge >= 0.3 is 0 Å². The number of methoxy groups -OCH3 is 1. The number of ether oxygens (including phenoxy) is 2. The molecule has 1 fully saturated rings. The van der Waals surface area contributed by atoms with E-state index < -0.39 is 0 Å². The van der Waals surface area contributed by atoms with Gasteiger partial charge in [0, 0.05) is 40.3 Å². The van der Waals surface area contributed by atoms with Gasteiger partial charge in [-0.3, -0.25) is 4.79 Å². The third-order valence-electron chi connectivity index (χ3n) is 4.47. The monoisotopic (exact) mass is 371 g/mol. The SMILES string of the molecule is COc1ccc(OCC(=O)N2CCN(c3ccc(N(C)C)nn3)CC2)cc1. The first-order chi connectivity index (χ1) is 13.1. The number of hydrogen-bond donors (Lipinski definition) is 0. The number of rotatable bonds is 6. The molecule has 0 unspecified atom stereocenters. The molecule has 8 nitrogen and oxygen atoms in total. The predicted octanol–water partition coefficient (Wildman–Crippen LogP) is 1.28. The molecule has 0 saturated carbocycles. The van der Waals surface area contributed by atoms with E-state index in [-0.39, 0.29) is 12.5 Å². The topological polar surface area (TPSA) is 71.0 Å². The molecule has 1 aliphatic heterocycles. The molecule has 0 atom stereocenters. The van der Waals surface area contributed by atoms with Crippen LogP contribution in [-0.4, -0.2) is 75.0 Å². The molecule has 0 N–H and O–H groups in total. The maximum Gasteiger partial charge on any atom is 0.260 e. The Kier molecular flexibility index (Phi) is 5.95. The number of aromatic nitrogens is 2. The van der Waals surface area contributed by atoms with Crippen LogP contribution in [0.15, 0.2) is 36.4 Å². The van der Waals surface area contributed by atoms with E-state index in [1.54, 1.807) is 31.4 Å². The molecule has 1 aromatic heterocycles. The standard InChI is InChI=1S/C19H25N5O3/c1-22(2)17-8-9-18(21-20-17)23-10-12-24(13-11-23)19(25)14-27-16-6-4-15(26-3)5-7-16/h4-9H,10-14H2,1-3H3. The van der Waals surface area contributed by atoms with Gasteiger partial charge in [-0.2, -0.15) is 0 Å². The molecule has 1 aliphatic rings. The summed E-state index contributed by atoms with van der Waals surface area (Å²) in [6.07, 6.45) is 0. The van der Waals surface area contributed by atoms with Gasteiger partial charge in [0.15, 0.2) is 18.2 Å². The fraction of sp³-hybridized carbons (Fsp3) is 0.421. The van der Waals surface area contributed by atoms with E-state index in [0.717, 1.165) is 30.5 Å². The second kappa shape index (κ2) is 8.57. The first kappa shape index (κ1) is 18.8. The Hall–Kier alpha value is -3.03. The molecule has 0 aliphatic carbocycles. The molecule has 27 heavy (non-hydrogen) atoms. The summed E-state index contributed by atoms with van der Waals surface area (Å²) in [5.41, 5.74) is 0. The van der Waals surface area contributed by atoms with Crippen molar-refractivity contribution in [2.75, 3.05) is 63.8 Å². The van der Waals surface area contributed by atoms with Gasteiger partial charge in [0.25, 0.3) is 5.91 Å². The fourth-order valence-corrected chi connectivity index (χ4v) is 2.82. The number of hydrogen-bond acceptors (Lipinski definition) is 7. The van der Waals surface area contributed by atoms with Crippen molar-refractivity contribution in [1.82, 2.24) is 15.1 Å². The smallest absolute Gasteiger partial charge is 0.260 e. The van der Waals surface area contributed by atoms with Crippen molar-refractivity contribution in [2.24, 2.45) is 0 Å². The summed E-state index contributed by atoms with van der Waals surface area (Å²) in [5, 5.41) is 8.49. The highest BCUT2D eigenvalue weighted by Crippen LogP contribution is 2.18. The number of amides is 1. The zero-order valence-corrected chi connectivity index (χ0v) is 16.0. The number of carbonyl (C=O) groups excluding carboxylic acids is 1. The van der Waals surface area contributed by atoms with Crippen LogP contribution in [0.2, 0.25) is 0 Å². The fourth-order valence-electron chi connectivity index (χ4n) is 2.82. The van der Waals surface area contributed by atoms with E-state index in [4.69, 9.17) is 9.47 Å². The van der Waals surface area contributed by atoms with Gasteiger partial charge in [0.05, 0.1) is 7.11 Å². The van der Waals surface area contributed by atoms with Crippen LogP contribution in [-0.2, 0) is 4.79 Å². The summed E-state index contributed by atoms with van der Waals surface area (Å²) in [7, 11) is 5.48. The van der Waals surface area contributed by atoms with Crippen LogP contribution >= 0.6 is 0 Å². The molecular formula is C19H25N5O3. The highest BCUT2D eigenvalue weighted by Gasteiger charge is 2.22. The van der Waals surface area contributed by atoms with E-state index in [1.165, 1.54) is 0 Å². The minimum Gasteiger partial charge on any atom is -0.497 e. The van der Waals surface area contributed by atoms with Crippen molar-refractivity contribution < 1.29 is 14.3 Å². The summed E-state index contributed by atoms with van der Waals surface area (Å²) in [6.45, 7) is 2.77. The Labute approximate surface area is 159 Å².